The lowest BCUT2D eigenvalue weighted by Crippen LogP contribution is -2.11. The van der Waals surface area contributed by atoms with Crippen LogP contribution in [0.25, 0.3) is 11.1 Å². The second-order valence-electron chi connectivity index (χ2n) is 4.38. The first-order chi connectivity index (χ1) is 10.00. The minimum absolute atomic E-state index is 0.134. The van der Waals surface area contributed by atoms with Gasteiger partial charge in [0.15, 0.2) is 0 Å². The van der Waals surface area contributed by atoms with Crippen LogP contribution < -0.4 is 0 Å². The minimum atomic E-state index is -4.77. The third kappa shape index (κ3) is 3.65. The zero-order valence-corrected chi connectivity index (χ0v) is 13.7. The highest BCUT2D eigenvalue weighted by atomic mass is 79.9. The third-order valence-corrected chi connectivity index (χ3v) is 3.85. The van der Waals surface area contributed by atoms with Gasteiger partial charge in [-0.25, -0.2) is 0 Å². The van der Waals surface area contributed by atoms with E-state index in [1.807, 2.05) is 0 Å². The third-order valence-electron chi connectivity index (χ3n) is 2.86. The minimum Gasteiger partial charge on any atom is -0.166 e. The first kappa shape index (κ1) is 17.3. The number of benzene rings is 2. The summed E-state index contributed by atoms with van der Waals surface area (Å²) in [5.74, 6) is 0. The zero-order valence-electron chi connectivity index (χ0n) is 10.5. The molecular weight excluding hydrogens is 442 g/mol. The van der Waals surface area contributed by atoms with E-state index in [0.717, 1.165) is 24.3 Å². The summed E-state index contributed by atoms with van der Waals surface area (Å²) in [5, 5.41) is 0. The van der Waals surface area contributed by atoms with Crippen LogP contribution in [-0.2, 0) is 12.4 Å². The van der Waals surface area contributed by atoms with E-state index >= 15 is 0 Å². The van der Waals surface area contributed by atoms with Gasteiger partial charge in [0.05, 0.1) is 11.1 Å². The average Bonchev–Trinajstić information content (AvgIpc) is 2.37. The highest BCUT2D eigenvalue weighted by Crippen LogP contribution is 2.44. The summed E-state index contributed by atoms with van der Waals surface area (Å²) in [6, 6.07) is 6.10. The Morgan fingerprint density at radius 1 is 0.591 bits per heavy atom. The van der Waals surface area contributed by atoms with Crippen molar-refractivity contribution in [3.05, 3.63) is 56.5 Å². The van der Waals surface area contributed by atoms with Crippen molar-refractivity contribution in [2.75, 3.05) is 0 Å². The van der Waals surface area contributed by atoms with E-state index in [-0.39, 0.29) is 8.95 Å². The Labute approximate surface area is 138 Å². The van der Waals surface area contributed by atoms with Crippen molar-refractivity contribution in [2.24, 2.45) is 0 Å². The number of hydrogen-bond donors (Lipinski definition) is 0. The Morgan fingerprint density at radius 3 is 1.18 bits per heavy atom. The van der Waals surface area contributed by atoms with Gasteiger partial charge in [-0.05, 0) is 35.4 Å². The molecule has 0 nitrogen and oxygen atoms in total. The molecule has 8 heteroatoms. The molecule has 2 rings (SSSR count). The second-order valence-corrected chi connectivity index (χ2v) is 6.21. The Morgan fingerprint density at radius 2 is 0.909 bits per heavy atom. The molecule has 0 fully saturated rings. The van der Waals surface area contributed by atoms with E-state index < -0.39 is 34.6 Å². The summed E-state index contributed by atoms with van der Waals surface area (Å²) in [7, 11) is 0. The fourth-order valence-electron chi connectivity index (χ4n) is 1.97. The van der Waals surface area contributed by atoms with E-state index in [4.69, 9.17) is 0 Å². The van der Waals surface area contributed by atoms with Gasteiger partial charge in [-0.3, -0.25) is 0 Å². The van der Waals surface area contributed by atoms with Gasteiger partial charge < -0.3 is 0 Å². The lowest BCUT2D eigenvalue weighted by atomic mass is 9.95. The Kier molecular flexibility index (Phi) is 4.64. The van der Waals surface area contributed by atoms with E-state index in [0.29, 0.717) is 0 Å². The molecule has 0 aliphatic heterocycles. The van der Waals surface area contributed by atoms with Crippen LogP contribution >= 0.6 is 31.9 Å². The molecule has 118 valence electrons. The molecule has 0 aliphatic rings. The van der Waals surface area contributed by atoms with Crippen LogP contribution in [0, 0.1) is 0 Å². The molecular formula is C14H6Br2F6. The van der Waals surface area contributed by atoms with Crippen LogP contribution in [0.3, 0.4) is 0 Å². The number of alkyl halides is 6. The molecule has 0 saturated carbocycles. The van der Waals surface area contributed by atoms with Gasteiger partial charge in [-0.15, -0.1) is 0 Å². The fraction of sp³-hybridized carbons (Fsp3) is 0.143. The van der Waals surface area contributed by atoms with Crippen LogP contribution in [0.2, 0.25) is 0 Å². The summed E-state index contributed by atoms with van der Waals surface area (Å²) in [6.07, 6.45) is -9.54. The Bertz CT molecular complexity index is 642. The number of rotatable bonds is 1. The summed E-state index contributed by atoms with van der Waals surface area (Å²) in [6.45, 7) is 0. The normalized spacial score (nSPS) is 12.5. The molecule has 2 aromatic rings. The predicted molar refractivity (Wildman–Crippen MR) is 77.3 cm³/mol. The quantitative estimate of drug-likeness (QED) is 0.416. The smallest absolute Gasteiger partial charge is 0.166 e. The van der Waals surface area contributed by atoms with Crippen molar-refractivity contribution in [1.82, 2.24) is 0 Å². The average molecular weight is 448 g/mol. The molecule has 0 atom stereocenters. The Balaban J connectivity index is 2.78. The maximum absolute atomic E-state index is 13.1. The van der Waals surface area contributed by atoms with Gasteiger partial charge in [0.25, 0.3) is 0 Å². The Hall–Kier alpha value is -1.02. The van der Waals surface area contributed by atoms with Crippen molar-refractivity contribution in [3.8, 4) is 11.1 Å². The van der Waals surface area contributed by atoms with Crippen molar-refractivity contribution >= 4 is 31.9 Å². The summed E-state index contributed by atoms with van der Waals surface area (Å²) in [5.41, 5.74) is -3.30. The van der Waals surface area contributed by atoms with Gasteiger partial charge in [0.2, 0.25) is 0 Å². The molecule has 0 N–H and O–H groups in total. The molecule has 0 radical (unpaired) electrons. The lowest BCUT2D eigenvalue weighted by Gasteiger charge is -2.18. The van der Waals surface area contributed by atoms with E-state index in [1.54, 1.807) is 0 Å². The highest BCUT2D eigenvalue weighted by Gasteiger charge is 2.38. The summed E-state index contributed by atoms with van der Waals surface area (Å²) >= 11 is 5.80. The standard InChI is InChI=1S/C14H6Br2F6/c15-7-1-3-9(11(5-7)13(17,18)19)10-4-2-8(16)6-12(10)14(20,21)22/h1-6H. The van der Waals surface area contributed by atoms with E-state index in [1.165, 1.54) is 12.1 Å². The van der Waals surface area contributed by atoms with Gasteiger partial charge in [-0.2, -0.15) is 26.3 Å². The number of halogens is 8. The number of hydrogen-bond acceptors (Lipinski definition) is 0. The molecule has 0 saturated heterocycles. The second kappa shape index (κ2) is 5.88. The summed E-state index contributed by atoms with van der Waals surface area (Å²) < 4.78 is 78.9. The molecule has 0 spiro atoms. The topological polar surface area (TPSA) is 0 Å². The molecule has 0 heterocycles. The van der Waals surface area contributed by atoms with E-state index in [9.17, 15) is 26.3 Å². The van der Waals surface area contributed by atoms with Crippen LogP contribution in [0.15, 0.2) is 45.3 Å². The first-order valence-corrected chi connectivity index (χ1v) is 7.32. The van der Waals surface area contributed by atoms with Crippen LogP contribution in [0.5, 0.6) is 0 Å². The molecule has 0 unspecified atom stereocenters. The molecule has 0 aliphatic carbocycles. The van der Waals surface area contributed by atoms with Gasteiger partial charge in [0.1, 0.15) is 0 Å². The van der Waals surface area contributed by atoms with Crippen molar-refractivity contribution in [2.45, 2.75) is 12.4 Å². The van der Waals surface area contributed by atoms with Crippen LogP contribution in [0.4, 0.5) is 26.3 Å². The van der Waals surface area contributed by atoms with Gasteiger partial charge in [-0.1, -0.05) is 44.0 Å². The maximum atomic E-state index is 13.1. The molecule has 0 amide bonds. The van der Waals surface area contributed by atoms with Crippen LogP contribution in [0.1, 0.15) is 11.1 Å². The lowest BCUT2D eigenvalue weighted by molar-refractivity contribution is -0.139. The van der Waals surface area contributed by atoms with Gasteiger partial charge in [0, 0.05) is 8.95 Å². The largest absolute Gasteiger partial charge is 0.417 e. The zero-order chi connectivity index (χ0) is 16.7. The molecule has 2 aromatic carbocycles. The highest BCUT2D eigenvalue weighted by molar-refractivity contribution is 9.10. The van der Waals surface area contributed by atoms with E-state index in [2.05, 4.69) is 31.9 Å². The summed E-state index contributed by atoms with van der Waals surface area (Å²) in [4.78, 5) is 0. The molecule has 22 heavy (non-hydrogen) atoms. The molecule has 0 bridgehead atoms. The van der Waals surface area contributed by atoms with Crippen molar-refractivity contribution in [3.63, 3.8) is 0 Å². The fourth-order valence-corrected chi connectivity index (χ4v) is 2.69. The predicted octanol–water partition coefficient (Wildman–Crippen LogP) is 6.92. The van der Waals surface area contributed by atoms with Crippen molar-refractivity contribution in [1.29, 1.82) is 0 Å². The van der Waals surface area contributed by atoms with Crippen LogP contribution in [-0.4, -0.2) is 0 Å². The maximum Gasteiger partial charge on any atom is 0.417 e. The van der Waals surface area contributed by atoms with Crippen molar-refractivity contribution < 1.29 is 26.3 Å². The first-order valence-electron chi connectivity index (χ1n) is 5.74. The SMILES string of the molecule is FC(F)(F)c1cc(Br)ccc1-c1ccc(Br)cc1C(F)(F)F. The molecule has 0 aromatic heterocycles. The van der Waals surface area contributed by atoms with Gasteiger partial charge >= 0.3 is 12.4 Å². The monoisotopic (exact) mass is 446 g/mol.